The fraction of sp³-hybridized carbons (Fsp3) is 0.800. The van der Waals surface area contributed by atoms with Crippen molar-refractivity contribution < 1.29 is 0 Å². The maximum Gasteiger partial charge on any atom is 0.0660 e. The van der Waals surface area contributed by atoms with Gasteiger partial charge in [-0.2, -0.15) is 4.86 Å². The molecule has 0 spiro atoms. The predicted octanol–water partition coefficient (Wildman–Crippen LogP) is 3.68. The van der Waals surface area contributed by atoms with E-state index in [1.165, 1.54) is 49.5 Å². The van der Waals surface area contributed by atoms with Crippen molar-refractivity contribution in [1.82, 2.24) is 9.96 Å². The second-order valence-corrected chi connectivity index (χ2v) is 4.38. The fourth-order valence-electron chi connectivity index (χ4n) is 1.37. The standard InChI is InChI=1S/C10H19N2P/c1-3-5-7-9-10(8-6-4-2)13-12-11-9/h3-8H2,1-2H3,(H,11,12). The molecule has 0 aliphatic rings. The summed E-state index contributed by atoms with van der Waals surface area (Å²) in [6.07, 6.45) is 7.54. The Hall–Kier alpha value is -0.360. The van der Waals surface area contributed by atoms with Gasteiger partial charge in [0.1, 0.15) is 0 Å². The molecule has 0 fully saturated rings. The lowest BCUT2D eigenvalue weighted by Gasteiger charge is -1.99. The molecule has 0 aromatic carbocycles. The Labute approximate surface area is 82.3 Å². The molecule has 1 aromatic heterocycles. The molecule has 1 rings (SSSR count). The minimum atomic E-state index is 1.16. The third kappa shape index (κ3) is 3.48. The van der Waals surface area contributed by atoms with E-state index >= 15 is 0 Å². The van der Waals surface area contributed by atoms with Crippen LogP contribution in [-0.4, -0.2) is 9.96 Å². The first-order chi connectivity index (χ1) is 6.38. The summed E-state index contributed by atoms with van der Waals surface area (Å²) in [6, 6.07) is 0. The summed E-state index contributed by atoms with van der Waals surface area (Å²) in [7, 11) is 1.16. The quantitative estimate of drug-likeness (QED) is 0.742. The molecule has 2 nitrogen and oxygen atoms in total. The van der Waals surface area contributed by atoms with Crippen molar-refractivity contribution in [3.8, 4) is 0 Å². The van der Waals surface area contributed by atoms with Crippen molar-refractivity contribution in [3.05, 3.63) is 11.0 Å². The number of aromatic amines is 1. The molecular weight excluding hydrogens is 179 g/mol. The van der Waals surface area contributed by atoms with E-state index in [-0.39, 0.29) is 0 Å². The Morgan fingerprint density at radius 3 is 2.54 bits per heavy atom. The van der Waals surface area contributed by atoms with Crippen LogP contribution < -0.4 is 0 Å². The lowest BCUT2D eigenvalue weighted by Crippen LogP contribution is -1.91. The number of rotatable bonds is 6. The third-order valence-electron chi connectivity index (χ3n) is 2.25. The van der Waals surface area contributed by atoms with Crippen LogP contribution in [0, 0.1) is 0 Å². The zero-order chi connectivity index (χ0) is 9.52. The first-order valence-corrected chi connectivity index (χ1v) is 6.12. The summed E-state index contributed by atoms with van der Waals surface area (Å²) in [5, 5.41) is 4.67. The molecular formula is C10H19N2P. The lowest BCUT2D eigenvalue weighted by atomic mass is 10.1. The first kappa shape index (κ1) is 10.7. The molecule has 3 heteroatoms. The number of aryl methyl sites for hydroxylation is 2. The Kier molecular flexibility index (Phi) is 5.07. The zero-order valence-corrected chi connectivity index (χ0v) is 9.53. The van der Waals surface area contributed by atoms with E-state index in [0.29, 0.717) is 0 Å². The van der Waals surface area contributed by atoms with Gasteiger partial charge in [0, 0.05) is 11.0 Å². The highest BCUT2D eigenvalue weighted by Crippen LogP contribution is 2.19. The maximum absolute atomic E-state index is 4.20. The van der Waals surface area contributed by atoms with E-state index in [1.54, 1.807) is 0 Å². The molecule has 0 amide bonds. The number of unbranched alkanes of at least 4 members (excludes halogenated alkanes) is 2. The zero-order valence-electron chi connectivity index (χ0n) is 8.64. The smallest absolute Gasteiger partial charge is 0.0660 e. The fourth-order valence-corrected chi connectivity index (χ4v) is 2.20. The Morgan fingerprint density at radius 2 is 1.85 bits per heavy atom. The molecule has 0 bridgehead atoms. The van der Waals surface area contributed by atoms with Gasteiger partial charge in [0.2, 0.25) is 0 Å². The normalized spacial score (nSPS) is 11.2. The number of aromatic nitrogens is 2. The molecule has 1 aromatic rings. The Bertz CT molecular complexity index is 210. The van der Waals surface area contributed by atoms with Crippen molar-refractivity contribution in [3.63, 3.8) is 0 Å². The van der Waals surface area contributed by atoms with Crippen molar-refractivity contribution in [2.24, 2.45) is 0 Å². The van der Waals surface area contributed by atoms with Crippen molar-refractivity contribution in [2.45, 2.75) is 52.4 Å². The SMILES string of the molecule is CCCCc1[nH]npc1CCCC. The second kappa shape index (κ2) is 6.15. The van der Waals surface area contributed by atoms with Gasteiger partial charge in [-0.15, -0.1) is 0 Å². The molecule has 0 saturated heterocycles. The van der Waals surface area contributed by atoms with Crippen LogP contribution in [0.25, 0.3) is 0 Å². The molecule has 74 valence electrons. The van der Waals surface area contributed by atoms with Crippen LogP contribution in [-0.2, 0) is 12.8 Å². The van der Waals surface area contributed by atoms with Gasteiger partial charge < -0.3 is 0 Å². The summed E-state index contributed by atoms with van der Waals surface area (Å²) in [5.41, 5.74) is 1.40. The molecule has 0 atom stereocenters. The predicted molar refractivity (Wildman–Crippen MR) is 58.3 cm³/mol. The summed E-state index contributed by atoms with van der Waals surface area (Å²) in [5.74, 6) is 0. The van der Waals surface area contributed by atoms with Gasteiger partial charge in [-0.3, -0.25) is 5.10 Å². The van der Waals surface area contributed by atoms with E-state index in [0.717, 1.165) is 8.35 Å². The number of hydrogen-bond donors (Lipinski definition) is 1. The summed E-state index contributed by atoms with van der Waals surface area (Å²) in [4.78, 5) is 4.20. The van der Waals surface area contributed by atoms with Gasteiger partial charge in [0.05, 0.1) is 8.35 Å². The molecule has 13 heavy (non-hydrogen) atoms. The molecule has 1 N–H and O–H groups in total. The minimum Gasteiger partial charge on any atom is -0.278 e. The van der Waals surface area contributed by atoms with Crippen LogP contribution in [0.2, 0.25) is 0 Å². The van der Waals surface area contributed by atoms with Gasteiger partial charge in [-0.25, -0.2) is 0 Å². The minimum absolute atomic E-state index is 1.16. The van der Waals surface area contributed by atoms with Crippen molar-refractivity contribution >= 4 is 8.35 Å². The Balaban J connectivity index is 2.45. The van der Waals surface area contributed by atoms with Gasteiger partial charge in [0.25, 0.3) is 0 Å². The molecule has 1 heterocycles. The maximum atomic E-state index is 4.20. The summed E-state index contributed by atoms with van der Waals surface area (Å²) >= 11 is 0. The summed E-state index contributed by atoms with van der Waals surface area (Å²) < 4.78 is 0. The van der Waals surface area contributed by atoms with Gasteiger partial charge in [-0.1, -0.05) is 26.7 Å². The van der Waals surface area contributed by atoms with Gasteiger partial charge in [-0.05, 0) is 25.7 Å². The molecule has 0 unspecified atom stereocenters. The molecule has 0 radical (unpaired) electrons. The summed E-state index contributed by atoms with van der Waals surface area (Å²) in [6.45, 7) is 4.47. The van der Waals surface area contributed by atoms with E-state index in [9.17, 15) is 0 Å². The average Bonchev–Trinajstić information content (AvgIpc) is 2.59. The van der Waals surface area contributed by atoms with E-state index in [2.05, 4.69) is 23.8 Å². The monoisotopic (exact) mass is 198 g/mol. The van der Waals surface area contributed by atoms with Crippen LogP contribution in [0.15, 0.2) is 0 Å². The van der Waals surface area contributed by atoms with Crippen LogP contribution in [0.3, 0.4) is 0 Å². The Morgan fingerprint density at radius 1 is 1.15 bits per heavy atom. The molecule has 0 aliphatic carbocycles. The average molecular weight is 198 g/mol. The number of nitrogens with one attached hydrogen (secondary N) is 1. The highest BCUT2D eigenvalue weighted by atomic mass is 31.0. The van der Waals surface area contributed by atoms with Crippen LogP contribution >= 0.6 is 8.35 Å². The highest BCUT2D eigenvalue weighted by molar-refractivity contribution is 7.26. The van der Waals surface area contributed by atoms with Crippen LogP contribution in [0.5, 0.6) is 0 Å². The van der Waals surface area contributed by atoms with Gasteiger partial charge >= 0.3 is 0 Å². The van der Waals surface area contributed by atoms with Crippen LogP contribution in [0.1, 0.15) is 50.5 Å². The van der Waals surface area contributed by atoms with Gasteiger partial charge in [0.15, 0.2) is 0 Å². The highest BCUT2D eigenvalue weighted by Gasteiger charge is 2.04. The lowest BCUT2D eigenvalue weighted by molar-refractivity contribution is 0.747. The largest absolute Gasteiger partial charge is 0.278 e. The van der Waals surface area contributed by atoms with Crippen LogP contribution in [0.4, 0.5) is 0 Å². The number of nitrogens with zero attached hydrogens (tertiary/aromatic N) is 1. The van der Waals surface area contributed by atoms with E-state index in [4.69, 9.17) is 0 Å². The first-order valence-electron chi connectivity index (χ1n) is 5.27. The number of hydrogen-bond acceptors (Lipinski definition) is 1. The second-order valence-electron chi connectivity index (χ2n) is 3.44. The third-order valence-corrected chi connectivity index (χ3v) is 3.19. The van der Waals surface area contributed by atoms with E-state index < -0.39 is 0 Å². The van der Waals surface area contributed by atoms with Crippen molar-refractivity contribution in [2.75, 3.05) is 0 Å². The molecule has 0 saturated carbocycles. The number of H-pyrrole nitrogens is 1. The topological polar surface area (TPSA) is 28.7 Å². The van der Waals surface area contributed by atoms with Crippen molar-refractivity contribution in [1.29, 1.82) is 0 Å². The van der Waals surface area contributed by atoms with E-state index in [1.807, 2.05) is 0 Å². The molecule has 0 aliphatic heterocycles.